The average molecular weight is 272 g/mol. The first-order chi connectivity index (χ1) is 9.13. The van der Waals surface area contributed by atoms with E-state index in [1.54, 1.807) is 19.3 Å². The van der Waals surface area contributed by atoms with Crippen molar-refractivity contribution in [3.8, 4) is 0 Å². The fourth-order valence-electron chi connectivity index (χ4n) is 1.46. The van der Waals surface area contributed by atoms with Gasteiger partial charge in [-0.05, 0) is 19.9 Å². The number of esters is 1. The molecule has 1 unspecified atom stereocenters. The standard InChI is InChI=1S/C13H24N2O4/c1-4-6-11(9-13(17)19-3)15-12(16)10-14-7-5-8-18-2/h4,6,11,14H,5,7-10H2,1-3H3,(H,15,16)/b6-4+. The lowest BCUT2D eigenvalue weighted by atomic mass is 10.2. The Morgan fingerprint density at radius 2 is 2.05 bits per heavy atom. The highest BCUT2D eigenvalue weighted by Gasteiger charge is 2.13. The third-order valence-corrected chi connectivity index (χ3v) is 2.37. The predicted octanol–water partition coefficient (Wildman–Crippen LogP) is 0.237. The molecular formula is C13H24N2O4. The largest absolute Gasteiger partial charge is 0.469 e. The Balaban J connectivity index is 3.93. The normalized spacial score (nSPS) is 12.4. The lowest BCUT2D eigenvalue weighted by molar-refractivity contribution is -0.141. The number of carbonyl (C=O) groups excluding carboxylic acids is 2. The summed E-state index contributed by atoms with van der Waals surface area (Å²) in [4.78, 5) is 22.8. The van der Waals surface area contributed by atoms with Crippen LogP contribution in [0.15, 0.2) is 12.2 Å². The molecule has 0 aromatic heterocycles. The molecule has 0 aromatic carbocycles. The van der Waals surface area contributed by atoms with E-state index in [4.69, 9.17) is 4.74 Å². The van der Waals surface area contributed by atoms with Gasteiger partial charge in [0.05, 0.1) is 26.1 Å². The van der Waals surface area contributed by atoms with E-state index in [2.05, 4.69) is 15.4 Å². The van der Waals surface area contributed by atoms with Gasteiger partial charge in [-0.3, -0.25) is 9.59 Å². The van der Waals surface area contributed by atoms with Gasteiger partial charge in [-0.2, -0.15) is 0 Å². The molecule has 0 radical (unpaired) electrons. The van der Waals surface area contributed by atoms with Crippen LogP contribution < -0.4 is 10.6 Å². The summed E-state index contributed by atoms with van der Waals surface area (Å²) in [6, 6.07) is -0.328. The predicted molar refractivity (Wildman–Crippen MR) is 72.7 cm³/mol. The molecule has 0 aliphatic rings. The zero-order valence-corrected chi connectivity index (χ0v) is 11.9. The fraction of sp³-hybridized carbons (Fsp3) is 0.692. The Labute approximate surface area is 114 Å². The Kier molecular flexibility index (Phi) is 10.8. The number of carbonyl (C=O) groups is 2. The van der Waals surface area contributed by atoms with Gasteiger partial charge in [0.2, 0.25) is 5.91 Å². The molecule has 0 bridgehead atoms. The smallest absolute Gasteiger partial charge is 0.307 e. The van der Waals surface area contributed by atoms with Crippen molar-refractivity contribution in [2.75, 3.05) is 33.9 Å². The quantitative estimate of drug-likeness (QED) is 0.338. The maximum Gasteiger partial charge on any atom is 0.307 e. The summed E-state index contributed by atoms with van der Waals surface area (Å²) in [6.07, 6.45) is 4.54. The van der Waals surface area contributed by atoms with E-state index in [9.17, 15) is 9.59 Å². The molecule has 1 atom stereocenters. The second-order valence-electron chi connectivity index (χ2n) is 4.00. The van der Waals surface area contributed by atoms with Gasteiger partial charge in [0.15, 0.2) is 0 Å². The van der Waals surface area contributed by atoms with Crippen molar-refractivity contribution >= 4 is 11.9 Å². The minimum absolute atomic E-state index is 0.135. The lowest BCUT2D eigenvalue weighted by Gasteiger charge is -2.14. The monoisotopic (exact) mass is 272 g/mol. The van der Waals surface area contributed by atoms with Gasteiger partial charge in [-0.15, -0.1) is 0 Å². The van der Waals surface area contributed by atoms with Gasteiger partial charge < -0.3 is 20.1 Å². The minimum Gasteiger partial charge on any atom is -0.469 e. The second kappa shape index (κ2) is 11.7. The van der Waals surface area contributed by atoms with Crippen LogP contribution in [0.3, 0.4) is 0 Å². The lowest BCUT2D eigenvalue weighted by Crippen LogP contribution is -2.41. The maximum atomic E-state index is 11.6. The maximum absolute atomic E-state index is 11.6. The third-order valence-electron chi connectivity index (χ3n) is 2.37. The Morgan fingerprint density at radius 3 is 2.63 bits per heavy atom. The van der Waals surface area contributed by atoms with Gasteiger partial charge in [-0.25, -0.2) is 0 Å². The van der Waals surface area contributed by atoms with E-state index in [1.807, 2.05) is 6.92 Å². The molecule has 19 heavy (non-hydrogen) atoms. The van der Waals surface area contributed by atoms with Crippen LogP contribution in [0.1, 0.15) is 19.8 Å². The summed E-state index contributed by atoms with van der Waals surface area (Å²) >= 11 is 0. The highest BCUT2D eigenvalue weighted by atomic mass is 16.5. The summed E-state index contributed by atoms with van der Waals surface area (Å²) in [7, 11) is 2.97. The van der Waals surface area contributed by atoms with E-state index < -0.39 is 0 Å². The van der Waals surface area contributed by atoms with E-state index >= 15 is 0 Å². The summed E-state index contributed by atoms with van der Waals surface area (Å²) in [5.41, 5.74) is 0. The van der Waals surface area contributed by atoms with Crippen molar-refractivity contribution in [2.45, 2.75) is 25.8 Å². The summed E-state index contributed by atoms with van der Waals surface area (Å²) in [5, 5.41) is 5.76. The first kappa shape index (κ1) is 17.6. The van der Waals surface area contributed by atoms with Crippen molar-refractivity contribution in [3.63, 3.8) is 0 Å². The highest BCUT2D eigenvalue weighted by Crippen LogP contribution is 1.96. The average Bonchev–Trinajstić information content (AvgIpc) is 2.38. The van der Waals surface area contributed by atoms with Gasteiger partial charge in [0.1, 0.15) is 0 Å². The van der Waals surface area contributed by atoms with Gasteiger partial charge in [0, 0.05) is 13.7 Å². The number of allylic oxidation sites excluding steroid dienone is 1. The molecule has 0 spiro atoms. The molecule has 6 nitrogen and oxygen atoms in total. The summed E-state index contributed by atoms with van der Waals surface area (Å²) in [6.45, 7) is 3.43. The van der Waals surface area contributed by atoms with Crippen LogP contribution in [0.25, 0.3) is 0 Å². The number of ether oxygens (including phenoxy) is 2. The number of nitrogens with one attached hydrogen (secondary N) is 2. The van der Waals surface area contributed by atoms with Crippen molar-refractivity contribution in [1.82, 2.24) is 10.6 Å². The fourth-order valence-corrected chi connectivity index (χ4v) is 1.46. The number of rotatable bonds is 10. The molecule has 0 aliphatic heterocycles. The molecule has 0 heterocycles. The zero-order valence-electron chi connectivity index (χ0n) is 11.9. The second-order valence-corrected chi connectivity index (χ2v) is 4.00. The molecule has 0 aromatic rings. The van der Waals surface area contributed by atoms with Gasteiger partial charge >= 0.3 is 5.97 Å². The van der Waals surface area contributed by atoms with Crippen LogP contribution in [0.5, 0.6) is 0 Å². The number of methoxy groups -OCH3 is 2. The molecular weight excluding hydrogens is 248 g/mol. The molecule has 0 saturated heterocycles. The molecule has 0 saturated carbocycles. The number of hydrogen-bond acceptors (Lipinski definition) is 5. The molecule has 110 valence electrons. The summed E-state index contributed by atoms with van der Waals surface area (Å²) in [5.74, 6) is -0.499. The van der Waals surface area contributed by atoms with Crippen molar-refractivity contribution in [2.24, 2.45) is 0 Å². The van der Waals surface area contributed by atoms with Crippen LogP contribution in [-0.4, -0.2) is 51.8 Å². The first-order valence-electron chi connectivity index (χ1n) is 6.32. The van der Waals surface area contributed by atoms with Crippen molar-refractivity contribution < 1.29 is 19.1 Å². The van der Waals surface area contributed by atoms with E-state index in [0.29, 0.717) is 13.2 Å². The Bertz CT molecular complexity index is 292. The number of hydrogen-bond donors (Lipinski definition) is 2. The molecule has 6 heteroatoms. The highest BCUT2D eigenvalue weighted by molar-refractivity contribution is 5.79. The molecule has 0 rings (SSSR count). The first-order valence-corrected chi connectivity index (χ1v) is 6.32. The summed E-state index contributed by atoms with van der Waals surface area (Å²) < 4.78 is 9.48. The molecule has 0 aliphatic carbocycles. The van der Waals surface area contributed by atoms with Crippen LogP contribution in [0.4, 0.5) is 0 Å². The molecule has 2 N–H and O–H groups in total. The molecule has 1 amide bonds. The van der Waals surface area contributed by atoms with Crippen LogP contribution in [0.2, 0.25) is 0 Å². The Morgan fingerprint density at radius 1 is 1.32 bits per heavy atom. The van der Waals surface area contributed by atoms with Gasteiger partial charge in [-0.1, -0.05) is 12.2 Å². The SMILES string of the molecule is C/C=C/C(CC(=O)OC)NC(=O)CNCCCOC. The van der Waals surface area contributed by atoms with E-state index in [-0.39, 0.29) is 30.9 Å². The van der Waals surface area contributed by atoms with Crippen LogP contribution >= 0.6 is 0 Å². The van der Waals surface area contributed by atoms with Crippen LogP contribution in [-0.2, 0) is 19.1 Å². The van der Waals surface area contributed by atoms with Crippen molar-refractivity contribution in [1.29, 1.82) is 0 Å². The van der Waals surface area contributed by atoms with Crippen molar-refractivity contribution in [3.05, 3.63) is 12.2 Å². The Hall–Kier alpha value is -1.40. The molecule has 0 fully saturated rings. The van der Waals surface area contributed by atoms with E-state index in [0.717, 1.165) is 6.42 Å². The minimum atomic E-state index is -0.351. The van der Waals surface area contributed by atoms with E-state index in [1.165, 1.54) is 7.11 Å². The third kappa shape index (κ3) is 10.2. The number of amides is 1. The van der Waals surface area contributed by atoms with Crippen LogP contribution in [0, 0.1) is 0 Å². The topological polar surface area (TPSA) is 76.7 Å². The van der Waals surface area contributed by atoms with Gasteiger partial charge in [0.25, 0.3) is 0 Å². The zero-order chi connectivity index (χ0) is 14.5.